The molecule has 108 valence electrons. The van der Waals surface area contributed by atoms with Gasteiger partial charge in [0.05, 0.1) is 36.2 Å². The summed E-state index contributed by atoms with van der Waals surface area (Å²) in [6, 6.07) is 2.03. The van der Waals surface area contributed by atoms with Gasteiger partial charge in [0.25, 0.3) is 5.91 Å². The Bertz CT molecular complexity index is 490. The molecule has 2 fully saturated rings. The number of fused-ring (bicyclic) bond motifs is 1. The Morgan fingerprint density at radius 1 is 1.45 bits per heavy atom. The number of amides is 1. The highest BCUT2D eigenvalue weighted by atomic mass is 16.5. The van der Waals surface area contributed by atoms with Gasteiger partial charge in [0.1, 0.15) is 0 Å². The number of ether oxygens (including phenoxy) is 1. The lowest BCUT2D eigenvalue weighted by atomic mass is 9.89. The van der Waals surface area contributed by atoms with Crippen molar-refractivity contribution in [3.8, 4) is 0 Å². The second-order valence-electron chi connectivity index (χ2n) is 5.43. The van der Waals surface area contributed by atoms with Crippen LogP contribution in [0.15, 0.2) is 18.5 Å². The molecule has 1 aliphatic heterocycles. The van der Waals surface area contributed by atoms with Crippen molar-refractivity contribution < 1.29 is 9.53 Å². The number of nitrogens with one attached hydrogen (secondary N) is 1. The average Bonchev–Trinajstić information content (AvgIpc) is 2.53. The van der Waals surface area contributed by atoms with E-state index in [1.54, 1.807) is 18.5 Å². The third kappa shape index (κ3) is 2.38. The van der Waals surface area contributed by atoms with Crippen LogP contribution in [0, 0.1) is 0 Å². The zero-order chi connectivity index (χ0) is 13.9. The van der Waals surface area contributed by atoms with Crippen LogP contribution in [0.1, 0.15) is 36.0 Å². The van der Waals surface area contributed by atoms with E-state index >= 15 is 0 Å². The summed E-state index contributed by atoms with van der Waals surface area (Å²) in [5.74, 6) is 0.0944. The second kappa shape index (κ2) is 5.79. The highest BCUT2D eigenvalue weighted by molar-refractivity contribution is 5.99. The first-order valence-electron chi connectivity index (χ1n) is 7.35. The molecule has 2 atom stereocenters. The molecule has 3 rings (SSSR count). The first-order valence-corrected chi connectivity index (χ1v) is 7.35. The largest absolute Gasteiger partial charge is 0.386 e. The van der Waals surface area contributed by atoms with Gasteiger partial charge in [0.15, 0.2) is 0 Å². The summed E-state index contributed by atoms with van der Waals surface area (Å²) < 4.78 is 5.83. The maximum Gasteiger partial charge on any atom is 0.256 e. The minimum Gasteiger partial charge on any atom is -0.386 e. The number of aromatic nitrogens is 1. The first kappa shape index (κ1) is 13.4. The van der Waals surface area contributed by atoms with E-state index < -0.39 is 0 Å². The molecule has 20 heavy (non-hydrogen) atoms. The van der Waals surface area contributed by atoms with Crippen LogP contribution in [0.25, 0.3) is 0 Å². The second-order valence-corrected chi connectivity index (χ2v) is 5.43. The minimum atomic E-state index is 0.0944. The Morgan fingerprint density at radius 2 is 2.30 bits per heavy atom. The summed E-state index contributed by atoms with van der Waals surface area (Å²) in [6.07, 6.45) is 8.12. The van der Waals surface area contributed by atoms with E-state index in [1.807, 2.05) is 11.9 Å². The van der Waals surface area contributed by atoms with Crippen LogP contribution in [-0.4, -0.2) is 48.1 Å². The van der Waals surface area contributed by atoms with Gasteiger partial charge in [-0.05, 0) is 18.9 Å². The third-order valence-corrected chi connectivity index (χ3v) is 4.31. The van der Waals surface area contributed by atoms with Crippen molar-refractivity contribution in [2.75, 3.05) is 25.5 Å². The van der Waals surface area contributed by atoms with Crippen molar-refractivity contribution in [1.82, 2.24) is 9.88 Å². The maximum atomic E-state index is 12.8. The van der Waals surface area contributed by atoms with Crippen LogP contribution in [0.4, 0.5) is 5.69 Å². The maximum absolute atomic E-state index is 12.8. The third-order valence-electron chi connectivity index (χ3n) is 4.31. The summed E-state index contributed by atoms with van der Waals surface area (Å²) in [6.45, 7) is 1.33. The topological polar surface area (TPSA) is 54.5 Å². The number of nitrogens with zero attached hydrogens (tertiary/aromatic N) is 2. The van der Waals surface area contributed by atoms with Gasteiger partial charge in [-0.2, -0.15) is 0 Å². The number of carbonyl (C=O) groups is 1. The van der Waals surface area contributed by atoms with Crippen LogP contribution in [0.3, 0.4) is 0 Å². The highest BCUT2D eigenvalue weighted by Crippen LogP contribution is 2.30. The van der Waals surface area contributed by atoms with Crippen molar-refractivity contribution in [2.24, 2.45) is 0 Å². The number of pyridine rings is 1. The van der Waals surface area contributed by atoms with Crippen molar-refractivity contribution in [3.63, 3.8) is 0 Å². The molecule has 5 nitrogen and oxygen atoms in total. The first-order chi connectivity index (χ1) is 9.81. The molecule has 1 saturated heterocycles. The van der Waals surface area contributed by atoms with Crippen molar-refractivity contribution in [2.45, 2.75) is 37.8 Å². The van der Waals surface area contributed by atoms with Crippen molar-refractivity contribution in [3.05, 3.63) is 24.0 Å². The Morgan fingerprint density at radius 3 is 3.15 bits per heavy atom. The van der Waals surface area contributed by atoms with E-state index in [1.165, 1.54) is 12.8 Å². The lowest BCUT2D eigenvalue weighted by molar-refractivity contribution is -0.0752. The molecule has 0 bridgehead atoms. The Balaban J connectivity index is 1.85. The van der Waals surface area contributed by atoms with Gasteiger partial charge in [-0.25, -0.2) is 0 Å². The Labute approximate surface area is 119 Å². The molecule has 5 heteroatoms. The van der Waals surface area contributed by atoms with Crippen LogP contribution < -0.4 is 5.32 Å². The molecular formula is C15H21N3O2. The molecular weight excluding hydrogens is 254 g/mol. The molecule has 0 radical (unpaired) electrons. The van der Waals surface area contributed by atoms with E-state index in [0.717, 1.165) is 18.5 Å². The zero-order valence-corrected chi connectivity index (χ0v) is 11.8. The number of rotatable bonds is 2. The molecule has 0 aromatic carbocycles. The fourth-order valence-electron chi connectivity index (χ4n) is 3.28. The summed E-state index contributed by atoms with van der Waals surface area (Å²) in [5.41, 5.74) is 1.49. The summed E-state index contributed by atoms with van der Waals surface area (Å²) in [4.78, 5) is 18.9. The Hall–Kier alpha value is -1.62. The lowest BCUT2D eigenvalue weighted by Gasteiger charge is -2.43. The number of anilines is 1. The van der Waals surface area contributed by atoms with Gasteiger partial charge in [0.2, 0.25) is 0 Å². The van der Waals surface area contributed by atoms with Gasteiger partial charge < -0.3 is 15.0 Å². The van der Waals surface area contributed by atoms with Crippen LogP contribution in [0.2, 0.25) is 0 Å². The molecule has 1 amide bonds. The molecule has 1 aliphatic carbocycles. The summed E-state index contributed by atoms with van der Waals surface area (Å²) >= 11 is 0. The summed E-state index contributed by atoms with van der Waals surface area (Å²) in [5, 5.41) is 3.05. The van der Waals surface area contributed by atoms with Gasteiger partial charge in [-0.3, -0.25) is 9.78 Å². The van der Waals surface area contributed by atoms with E-state index in [-0.39, 0.29) is 18.1 Å². The van der Waals surface area contributed by atoms with Crippen LogP contribution in [0.5, 0.6) is 0 Å². The summed E-state index contributed by atoms with van der Waals surface area (Å²) in [7, 11) is 1.82. The average molecular weight is 275 g/mol. The predicted octanol–water partition coefficient (Wildman–Crippen LogP) is 1.91. The standard InChI is InChI=1S/C15H21N3O2/c1-16-12-10-17-7-6-11(12)15(19)18-8-9-20-14-5-3-2-4-13(14)18/h6-7,10,13-14,16H,2-5,8-9H2,1H3. The smallest absolute Gasteiger partial charge is 0.256 e. The monoisotopic (exact) mass is 275 g/mol. The molecule has 2 unspecified atom stereocenters. The van der Waals surface area contributed by atoms with Gasteiger partial charge in [0, 0.05) is 19.8 Å². The molecule has 2 aliphatic rings. The van der Waals surface area contributed by atoms with Gasteiger partial charge in [-0.1, -0.05) is 12.8 Å². The van der Waals surface area contributed by atoms with Crippen LogP contribution in [-0.2, 0) is 4.74 Å². The van der Waals surface area contributed by atoms with Crippen molar-refractivity contribution in [1.29, 1.82) is 0 Å². The van der Waals surface area contributed by atoms with E-state index in [9.17, 15) is 4.79 Å². The highest BCUT2D eigenvalue weighted by Gasteiger charge is 2.37. The molecule has 1 N–H and O–H groups in total. The predicted molar refractivity (Wildman–Crippen MR) is 76.8 cm³/mol. The number of morpholine rings is 1. The fraction of sp³-hybridized carbons (Fsp3) is 0.600. The zero-order valence-electron chi connectivity index (χ0n) is 11.8. The molecule has 1 saturated carbocycles. The lowest BCUT2D eigenvalue weighted by Crippen LogP contribution is -2.54. The van der Waals surface area contributed by atoms with E-state index in [4.69, 9.17) is 4.74 Å². The van der Waals surface area contributed by atoms with Gasteiger partial charge in [-0.15, -0.1) is 0 Å². The number of carbonyl (C=O) groups excluding carboxylic acids is 1. The normalized spacial score (nSPS) is 25.9. The SMILES string of the molecule is CNc1cnccc1C(=O)N1CCOC2CCCCC21. The molecule has 2 heterocycles. The number of hydrogen-bond donors (Lipinski definition) is 1. The Kier molecular flexibility index (Phi) is 3.87. The number of hydrogen-bond acceptors (Lipinski definition) is 4. The molecule has 0 spiro atoms. The van der Waals surface area contributed by atoms with Gasteiger partial charge >= 0.3 is 0 Å². The van der Waals surface area contributed by atoms with E-state index in [2.05, 4.69) is 10.3 Å². The molecule has 1 aromatic rings. The van der Waals surface area contributed by atoms with E-state index in [0.29, 0.717) is 18.7 Å². The van der Waals surface area contributed by atoms with Crippen LogP contribution >= 0.6 is 0 Å². The quantitative estimate of drug-likeness (QED) is 0.895. The van der Waals surface area contributed by atoms with Crippen molar-refractivity contribution >= 4 is 11.6 Å². The minimum absolute atomic E-state index is 0.0944. The molecule has 1 aromatic heterocycles. The fourth-order valence-corrected chi connectivity index (χ4v) is 3.28.